The number of hydrogen-bond donors (Lipinski definition) is 1. The maximum atomic E-state index is 12.3. The molecule has 0 heterocycles. The number of rotatable bonds is 0. The van der Waals surface area contributed by atoms with Crippen molar-refractivity contribution in [2.45, 2.75) is 43.5 Å². The first kappa shape index (κ1) is 10.2. The summed E-state index contributed by atoms with van der Waals surface area (Å²) in [6, 6.07) is 0. The van der Waals surface area contributed by atoms with Crippen molar-refractivity contribution in [1.29, 1.82) is 0 Å². The Morgan fingerprint density at radius 1 is 1.00 bits per heavy atom. The fourth-order valence-electron chi connectivity index (χ4n) is 1.67. The average molecular weight is 198 g/mol. The van der Waals surface area contributed by atoms with Crippen LogP contribution >= 0.6 is 12.6 Å². The Morgan fingerprint density at radius 2 is 1.58 bits per heavy atom. The molecular formula is C8H13F3S. The van der Waals surface area contributed by atoms with Crippen molar-refractivity contribution in [3.63, 3.8) is 0 Å². The highest BCUT2D eigenvalue weighted by Crippen LogP contribution is 2.38. The number of alkyl halides is 3. The molecule has 0 saturated heterocycles. The van der Waals surface area contributed by atoms with Crippen molar-refractivity contribution >= 4 is 12.6 Å². The first-order valence-electron chi connectivity index (χ1n) is 4.26. The average Bonchev–Trinajstić information content (AvgIpc) is 2.11. The molecule has 0 aromatic rings. The normalized spacial score (nSPS) is 33.0. The first-order valence-corrected chi connectivity index (χ1v) is 4.78. The van der Waals surface area contributed by atoms with Crippen LogP contribution in [0.15, 0.2) is 0 Å². The Kier molecular flexibility index (Phi) is 3.32. The molecule has 1 aliphatic carbocycles. The summed E-state index contributed by atoms with van der Waals surface area (Å²) in [7, 11) is 0. The van der Waals surface area contributed by atoms with Crippen LogP contribution in [0.1, 0.15) is 32.1 Å². The van der Waals surface area contributed by atoms with Gasteiger partial charge >= 0.3 is 6.18 Å². The summed E-state index contributed by atoms with van der Waals surface area (Å²) in [5, 5.41) is -0.479. The van der Waals surface area contributed by atoms with E-state index in [1.165, 1.54) is 0 Å². The van der Waals surface area contributed by atoms with E-state index in [1.807, 2.05) is 0 Å². The van der Waals surface area contributed by atoms with Gasteiger partial charge in [-0.1, -0.05) is 19.3 Å². The molecule has 0 aromatic carbocycles. The molecule has 0 spiro atoms. The Bertz CT molecular complexity index is 144. The van der Waals surface area contributed by atoms with Crippen LogP contribution < -0.4 is 0 Å². The summed E-state index contributed by atoms with van der Waals surface area (Å²) in [6.07, 6.45) is -0.673. The summed E-state index contributed by atoms with van der Waals surface area (Å²) in [5.41, 5.74) is 0. The minimum Gasteiger partial charge on any atom is -0.175 e. The van der Waals surface area contributed by atoms with Crippen LogP contribution in [0.2, 0.25) is 0 Å². The smallest absolute Gasteiger partial charge is 0.175 e. The van der Waals surface area contributed by atoms with Crippen molar-refractivity contribution < 1.29 is 13.2 Å². The molecule has 1 saturated carbocycles. The highest BCUT2D eigenvalue weighted by molar-refractivity contribution is 7.81. The maximum absolute atomic E-state index is 12.3. The predicted molar refractivity (Wildman–Crippen MR) is 45.4 cm³/mol. The van der Waals surface area contributed by atoms with Crippen LogP contribution in [0.25, 0.3) is 0 Å². The minimum absolute atomic E-state index is 0.262. The highest BCUT2D eigenvalue weighted by Gasteiger charge is 2.43. The third-order valence-electron chi connectivity index (χ3n) is 2.40. The van der Waals surface area contributed by atoms with Gasteiger partial charge in [-0.3, -0.25) is 0 Å². The van der Waals surface area contributed by atoms with Crippen LogP contribution in [0.4, 0.5) is 13.2 Å². The lowest BCUT2D eigenvalue weighted by Crippen LogP contribution is -2.30. The van der Waals surface area contributed by atoms with Crippen LogP contribution in [-0.2, 0) is 0 Å². The summed E-state index contributed by atoms with van der Waals surface area (Å²) in [6.45, 7) is 0. The SMILES string of the molecule is FC(F)(F)C1CCCCCC1S. The zero-order valence-electron chi connectivity index (χ0n) is 6.77. The lowest BCUT2D eigenvalue weighted by atomic mass is 9.99. The summed E-state index contributed by atoms with van der Waals surface area (Å²) >= 11 is 4.00. The van der Waals surface area contributed by atoms with E-state index in [4.69, 9.17) is 0 Å². The van der Waals surface area contributed by atoms with E-state index in [0.717, 1.165) is 12.8 Å². The molecule has 1 rings (SSSR count). The minimum atomic E-state index is -4.04. The standard InChI is InChI=1S/C8H13F3S/c9-8(10,11)6-4-2-1-3-5-7(6)12/h6-7,12H,1-5H2. The van der Waals surface area contributed by atoms with E-state index in [9.17, 15) is 13.2 Å². The van der Waals surface area contributed by atoms with Gasteiger partial charge in [-0.15, -0.1) is 0 Å². The number of halogens is 3. The molecule has 0 nitrogen and oxygen atoms in total. The third-order valence-corrected chi connectivity index (χ3v) is 3.02. The summed E-state index contributed by atoms with van der Waals surface area (Å²) in [5.74, 6) is -1.18. The lowest BCUT2D eigenvalue weighted by molar-refractivity contribution is -0.175. The Balaban J connectivity index is 2.59. The van der Waals surface area contributed by atoms with Crippen molar-refractivity contribution in [2.24, 2.45) is 5.92 Å². The van der Waals surface area contributed by atoms with Gasteiger partial charge in [0.15, 0.2) is 0 Å². The van der Waals surface area contributed by atoms with E-state index in [-0.39, 0.29) is 6.42 Å². The molecule has 4 heteroatoms. The van der Waals surface area contributed by atoms with Gasteiger partial charge in [0.1, 0.15) is 0 Å². The quantitative estimate of drug-likeness (QED) is 0.447. The van der Waals surface area contributed by atoms with Crippen LogP contribution in [-0.4, -0.2) is 11.4 Å². The second-order valence-electron chi connectivity index (χ2n) is 3.35. The molecule has 72 valence electrons. The fraction of sp³-hybridized carbons (Fsp3) is 1.00. The second kappa shape index (κ2) is 3.90. The molecule has 1 aliphatic rings. The monoisotopic (exact) mass is 198 g/mol. The Morgan fingerprint density at radius 3 is 2.17 bits per heavy atom. The van der Waals surface area contributed by atoms with Crippen LogP contribution in [0.3, 0.4) is 0 Å². The van der Waals surface area contributed by atoms with E-state index >= 15 is 0 Å². The fourth-order valence-corrected chi connectivity index (χ4v) is 2.17. The summed E-state index contributed by atoms with van der Waals surface area (Å²) < 4.78 is 37.0. The van der Waals surface area contributed by atoms with E-state index in [0.29, 0.717) is 12.8 Å². The largest absolute Gasteiger partial charge is 0.392 e. The van der Waals surface area contributed by atoms with Gasteiger partial charge in [0.05, 0.1) is 5.92 Å². The maximum Gasteiger partial charge on any atom is 0.392 e. The van der Waals surface area contributed by atoms with Gasteiger partial charge in [0.2, 0.25) is 0 Å². The van der Waals surface area contributed by atoms with Gasteiger partial charge in [-0.25, -0.2) is 0 Å². The molecular weight excluding hydrogens is 185 g/mol. The molecule has 2 atom stereocenters. The van der Waals surface area contributed by atoms with E-state index in [2.05, 4.69) is 12.6 Å². The Labute approximate surface area is 75.9 Å². The van der Waals surface area contributed by atoms with Crippen LogP contribution in [0, 0.1) is 5.92 Å². The summed E-state index contributed by atoms with van der Waals surface area (Å²) in [4.78, 5) is 0. The lowest BCUT2D eigenvalue weighted by Gasteiger charge is -2.23. The van der Waals surface area contributed by atoms with Crippen molar-refractivity contribution in [3.05, 3.63) is 0 Å². The molecule has 0 N–H and O–H groups in total. The molecule has 0 aliphatic heterocycles. The van der Waals surface area contributed by atoms with Gasteiger partial charge in [0.25, 0.3) is 0 Å². The zero-order chi connectivity index (χ0) is 9.19. The number of thiol groups is 1. The molecule has 0 aromatic heterocycles. The van der Waals surface area contributed by atoms with Gasteiger partial charge < -0.3 is 0 Å². The molecule has 1 fully saturated rings. The molecule has 0 amide bonds. The Hall–Kier alpha value is 0.140. The molecule has 12 heavy (non-hydrogen) atoms. The van der Waals surface area contributed by atoms with Gasteiger partial charge in [-0.2, -0.15) is 25.8 Å². The van der Waals surface area contributed by atoms with Crippen LogP contribution in [0.5, 0.6) is 0 Å². The van der Waals surface area contributed by atoms with Crippen molar-refractivity contribution in [3.8, 4) is 0 Å². The van der Waals surface area contributed by atoms with Gasteiger partial charge in [0, 0.05) is 5.25 Å². The molecule has 0 radical (unpaired) electrons. The third kappa shape index (κ3) is 2.57. The number of hydrogen-bond acceptors (Lipinski definition) is 1. The van der Waals surface area contributed by atoms with E-state index < -0.39 is 17.3 Å². The molecule has 2 unspecified atom stereocenters. The zero-order valence-corrected chi connectivity index (χ0v) is 7.67. The highest BCUT2D eigenvalue weighted by atomic mass is 32.1. The van der Waals surface area contributed by atoms with Crippen molar-refractivity contribution in [2.75, 3.05) is 0 Å². The predicted octanol–water partition coefficient (Wildman–Crippen LogP) is 3.43. The van der Waals surface area contributed by atoms with Gasteiger partial charge in [-0.05, 0) is 12.8 Å². The molecule has 0 bridgehead atoms. The topological polar surface area (TPSA) is 0 Å². The second-order valence-corrected chi connectivity index (χ2v) is 4.02. The first-order chi connectivity index (χ1) is 5.52. The van der Waals surface area contributed by atoms with Crippen molar-refractivity contribution in [1.82, 2.24) is 0 Å². The van der Waals surface area contributed by atoms with E-state index in [1.54, 1.807) is 0 Å².